The van der Waals surface area contributed by atoms with Crippen molar-refractivity contribution < 1.29 is 33.7 Å². The highest BCUT2D eigenvalue weighted by Gasteiger charge is 2.34. The summed E-state index contributed by atoms with van der Waals surface area (Å²) in [4.78, 5) is 41.4. The van der Waals surface area contributed by atoms with Crippen LogP contribution in [0.25, 0.3) is 0 Å². The van der Waals surface area contributed by atoms with Crippen LogP contribution in [0.3, 0.4) is 0 Å². The molecule has 222 valence electrons. The van der Waals surface area contributed by atoms with Crippen molar-refractivity contribution in [1.82, 2.24) is 9.80 Å². The average Bonchev–Trinajstić information content (AvgIpc) is 2.96. The molecule has 0 unspecified atom stereocenters. The standard InChI is InChI=1S/C31H35FN4O6/c1-19-15-36(20(2)18-37)29(38)25-5-4-6-26(34-31(41)33-24-13-11-23(32)12-14-24)28(25)42-27(19)17-35(3)16-21-7-9-22(10-8-21)30(39)40/h4-14,19-20,27,37H,15-18H2,1-3H3,(H,39,40)(H2,33,34,41)/t19-,20-,27-/m1/s1. The molecule has 0 saturated carbocycles. The summed E-state index contributed by atoms with van der Waals surface area (Å²) in [5, 5.41) is 24.5. The van der Waals surface area contributed by atoms with E-state index in [9.17, 15) is 29.0 Å². The molecular weight excluding hydrogens is 543 g/mol. The highest BCUT2D eigenvalue weighted by Crippen LogP contribution is 2.35. The lowest BCUT2D eigenvalue weighted by Gasteiger charge is -2.38. The third-order valence-electron chi connectivity index (χ3n) is 7.19. The number of carboxylic acid groups (broad SMARTS) is 1. The molecule has 4 N–H and O–H groups in total. The number of para-hydroxylation sites is 1. The van der Waals surface area contributed by atoms with E-state index in [0.717, 1.165) is 5.56 Å². The number of carbonyl (C=O) groups excluding carboxylic acids is 2. The van der Waals surface area contributed by atoms with Crippen LogP contribution in [0.1, 0.15) is 40.1 Å². The number of benzene rings is 3. The van der Waals surface area contributed by atoms with Gasteiger partial charge in [-0.3, -0.25) is 9.69 Å². The molecule has 4 rings (SSSR count). The zero-order valence-electron chi connectivity index (χ0n) is 23.7. The van der Waals surface area contributed by atoms with Crippen LogP contribution in [0.4, 0.5) is 20.6 Å². The SMILES string of the molecule is C[C@@H]1CN([C@H](C)CO)C(=O)c2cccc(NC(=O)Nc3ccc(F)cc3)c2O[C@@H]1CN(C)Cc1ccc(C(=O)O)cc1. The first-order chi connectivity index (χ1) is 20.0. The number of rotatable bonds is 9. The highest BCUT2D eigenvalue weighted by atomic mass is 19.1. The Bertz CT molecular complexity index is 1420. The number of nitrogens with one attached hydrogen (secondary N) is 2. The summed E-state index contributed by atoms with van der Waals surface area (Å²) in [5.74, 6) is -1.69. The lowest BCUT2D eigenvalue weighted by atomic mass is 9.98. The summed E-state index contributed by atoms with van der Waals surface area (Å²) in [5.41, 5.74) is 2.05. The number of carboxylic acids is 1. The topological polar surface area (TPSA) is 131 Å². The number of aliphatic hydroxyl groups is 1. The number of carbonyl (C=O) groups is 3. The van der Waals surface area contributed by atoms with Crippen LogP contribution in [0, 0.1) is 11.7 Å². The molecular formula is C31H35FN4O6. The van der Waals surface area contributed by atoms with Gasteiger partial charge in [0, 0.05) is 31.2 Å². The van der Waals surface area contributed by atoms with Crippen LogP contribution >= 0.6 is 0 Å². The van der Waals surface area contributed by atoms with Gasteiger partial charge in [0.2, 0.25) is 0 Å². The Morgan fingerprint density at radius 3 is 2.43 bits per heavy atom. The number of hydrogen-bond donors (Lipinski definition) is 4. The second-order valence-corrected chi connectivity index (χ2v) is 10.6. The van der Waals surface area contributed by atoms with Gasteiger partial charge in [-0.05, 0) is 68.1 Å². The van der Waals surface area contributed by atoms with Crippen LogP contribution in [0.15, 0.2) is 66.7 Å². The Labute approximate surface area is 243 Å². The molecule has 0 aromatic heterocycles. The number of ether oxygens (including phenoxy) is 1. The average molecular weight is 579 g/mol. The number of halogens is 1. The van der Waals surface area contributed by atoms with E-state index in [0.29, 0.717) is 25.3 Å². The van der Waals surface area contributed by atoms with E-state index >= 15 is 0 Å². The predicted molar refractivity (Wildman–Crippen MR) is 156 cm³/mol. The van der Waals surface area contributed by atoms with Crippen LogP contribution in [-0.4, -0.2) is 76.8 Å². The summed E-state index contributed by atoms with van der Waals surface area (Å²) >= 11 is 0. The minimum atomic E-state index is -0.989. The molecule has 1 aliphatic rings. The van der Waals surface area contributed by atoms with E-state index in [1.165, 1.54) is 24.3 Å². The van der Waals surface area contributed by atoms with E-state index in [1.54, 1.807) is 54.3 Å². The second kappa shape index (κ2) is 13.5. The number of anilines is 2. The summed E-state index contributed by atoms with van der Waals surface area (Å²) in [7, 11) is 1.92. The summed E-state index contributed by atoms with van der Waals surface area (Å²) in [6.07, 6.45) is -0.420. The Kier molecular flexibility index (Phi) is 9.76. The van der Waals surface area contributed by atoms with Crippen molar-refractivity contribution >= 4 is 29.3 Å². The van der Waals surface area contributed by atoms with Gasteiger partial charge in [0.1, 0.15) is 11.9 Å². The largest absolute Gasteiger partial charge is 0.486 e. The number of amides is 3. The fourth-order valence-electron chi connectivity index (χ4n) is 4.81. The quantitative estimate of drug-likeness (QED) is 0.294. The molecule has 0 bridgehead atoms. The smallest absolute Gasteiger partial charge is 0.335 e. The minimum Gasteiger partial charge on any atom is -0.486 e. The normalized spacial score (nSPS) is 17.5. The third kappa shape index (κ3) is 7.42. The van der Waals surface area contributed by atoms with E-state index < -0.39 is 30.0 Å². The van der Waals surface area contributed by atoms with Gasteiger partial charge >= 0.3 is 12.0 Å². The summed E-state index contributed by atoms with van der Waals surface area (Å²) < 4.78 is 19.8. The van der Waals surface area contributed by atoms with Crippen LogP contribution in [-0.2, 0) is 6.54 Å². The number of aliphatic hydroxyl groups excluding tert-OH is 1. The number of urea groups is 1. The lowest BCUT2D eigenvalue weighted by Crippen LogP contribution is -2.49. The molecule has 0 saturated heterocycles. The predicted octanol–water partition coefficient (Wildman–Crippen LogP) is 4.52. The van der Waals surface area contributed by atoms with Gasteiger partial charge in [-0.2, -0.15) is 0 Å². The van der Waals surface area contributed by atoms with Crippen molar-refractivity contribution in [3.05, 3.63) is 89.2 Å². The minimum absolute atomic E-state index is 0.158. The van der Waals surface area contributed by atoms with Gasteiger partial charge in [-0.15, -0.1) is 0 Å². The maximum atomic E-state index is 13.7. The molecule has 10 nitrogen and oxygen atoms in total. The van der Waals surface area contributed by atoms with Crippen molar-refractivity contribution in [3.8, 4) is 5.75 Å². The van der Waals surface area contributed by atoms with Crippen LogP contribution in [0.2, 0.25) is 0 Å². The first-order valence-electron chi connectivity index (χ1n) is 13.6. The number of nitrogens with zero attached hydrogens (tertiary/aromatic N) is 2. The third-order valence-corrected chi connectivity index (χ3v) is 7.19. The maximum Gasteiger partial charge on any atom is 0.335 e. The van der Waals surface area contributed by atoms with Gasteiger partial charge in [0.15, 0.2) is 5.75 Å². The van der Waals surface area contributed by atoms with E-state index in [4.69, 9.17) is 4.74 Å². The molecule has 3 aromatic carbocycles. The summed E-state index contributed by atoms with van der Waals surface area (Å²) in [6.45, 7) is 4.83. The zero-order valence-corrected chi connectivity index (χ0v) is 23.7. The molecule has 3 atom stereocenters. The fourth-order valence-corrected chi connectivity index (χ4v) is 4.81. The number of likely N-dealkylation sites (N-methyl/N-ethyl adjacent to an activating group) is 1. The maximum absolute atomic E-state index is 13.7. The first kappa shape index (κ1) is 30.5. The molecule has 0 spiro atoms. The van der Waals surface area contributed by atoms with Gasteiger partial charge in [-0.1, -0.05) is 25.1 Å². The van der Waals surface area contributed by atoms with E-state index in [1.807, 2.05) is 18.9 Å². The van der Waals surface area contributed by atoms with Crippen molar-refractivity contribution in [2.75, 3.05) is 37.4 Å². The van der Waals surface area contributed by atoms with Gasteiger partial charge in [0.05, 0.1) is 29.5 Å². The zero-order chi connectivity index (χ0) is 30.4. The first-order valence-corrected chi connectivity index (χ1v) is 13.6. The van der Waals surface area contributed by atoms with Crippen molar-refractivity contribution in [2.45, 2.75) is 32.5 Å². The Balaban J connectivity index is 1.60. The Morgan fingerprint density at radius 1 is 1.10 bits per heavy atom. The summed E-state index contributed by atoms with van der Waals surface area (Å²) in [6, 6.07) is 15.8. The van der Waals surface area contributed by atoms with Gasteiger partial charge < -0.3 is 30.5 Å². The molecule has 42 heavy (non-hydrogen) atoms. The molecule has 11 heteroatoms. The molecule has 1 heterocycles. The highest BCUT2D eigenvalue weighted by molar-refractivity contribution is 6.04. The van der Waals surface area contributed by atoms with E-state index in [2.05, 4.69) is 10.6 Å². The molecule has 3 amide bonds. The Morgan fingerprint density at radius 2 is 1.79 bits per heavy atom. The lowest BCUT2D eigenvalue weighted by molar-refractivity contribution is 0.0343. The fraction of sp³-hybridized carbons (Fsp3) is 0.323. The Hall–Kier alpha value is -4.48. The number of hydrogen-bond acceptors (Lipinski definition) is 6. The van der Waals surface area contributed by atoms with Crippen molar-refractivity contribution in [2.24, 2.45) is 5.92 Å². The van der Waals surface area contributed by atoms with E-state index in [-0.39, 0.29) is 41.0 Å². The van der Waals surface area contributed by atoms with Gasteiger partial charge in [-0.25, -0.2) is 14.0 Å². The molecule has 1 aliphatic heterocycles. The van der Waals surface area contributed by atoms with Gasteiger partial charge in [0.25, 0.3) is 5.91 Å². The van der Waals surface area contributed by atoms with Crippen molar-refractivity contribution in [1.29, 1.82) is 0 Å². The second-order valence-electron chi connectivity index (χ2n) is 10.6. The molecule has 3 aromatic rings. The van der Waals surface area contributed by atoms with Crippen molar-refractivity contribution in [3.63, 3.8) is 0 Å². The molecule has 0 fully saturated rings. The molecule has 0 aliphatic carbocycles. The molecule has 0 radical (unpaired) electrons. The van der Waals surface area contributed by atoms with Crippen LogP contribution < -0.4 is 15.4 Å². The number of fused-ring (bicyclic) bond motifs is 1. The van der Waals surface area contributed by atoms with Crippen LogP contribution in [0.5, 0.6) is 5.75 Å². The number of aromatic carboxylic acids is 1. The monoisotopic (exact) mass is 578 g/mol.